The minimum Gasteiger partial charge on any atom is -0.497 e. The minimum absolute atomic E-state index is 0.162. The lowest BCUT2D eigenvalue weighted by molar-refractivity contribution is -0.141. The molecule has 29 heavy (non-hydrogen) atoms. The van der Waals surface area contributed by atoms with Crippen LogP contribution in [0, 0.1) is 5.92 Å². The van der Waals surface area contributed by atoms with Crippen LogP contribution in [0.15, 0.2) is 28.8 Å². The van der Waals surface area contributed by atoms with E-state index < -0.39 is 0 Å². The van der Waals surface area contributed by atoms with Crippen LogP contribution in [0.25, 0.3) is 11.4 Å². The highest BCUT2D eigenvalue weighted by atomic mass is 16.5. The highest BCUT2D eigenvalue weighted by Gasteiger charge is 2.32. The Morgan fingerprint density at radius 3 is 2.34 bits per heavy atom. The van der Waals surface area contributed by atoms with Crippen LogP contribution in [0.1, 0.15) is 70.1 Å². The zero-order valence-electron chi connectivity index (χ0n) is 17.3. The van der Waals surface area contributed by atoms with Gasteiger partial charge in [0.05, 0.1) is 7.11 Å². The van der Waals surface area contributed by atoms with Gasteiger partial charge in [-0.2, -0.15) is 4.98 Å². The van der Waals surface area contributed by atoms with Crippen LogP contribution in [0.3, 0.4) is 0 Å². The number of hydrogen-bond donors (Lipinski definition) is 0. The number of amides is 1. The largest absolute Gasteiger partial charge is 0.497 e. The van der Waals surface area contributed by atoms with E-state index in [0.29, 0.717) is 30.2 Å². The molecule has 0 saturated heterocycles. The number of nitrogens with zero attached hydrogens (tertiary/aromatic N) is 3. The Balaban J connectivity index is 1.50. The van der Waals surface area contributed by atoms with Gasteiger partial charge in [0.2, 0.25) is 17.6 Å². The summed E-state index contributed by atoms with van der Waals surface area (Å²) in [6.45, 7) is 0.420. The number of benzene rings is 1. The minimum atomic E-state index is 0.162. The molecule has 2 fully saturated rings. The third-order valence-electron chi connectivity index (χ3n) is 6.37. The predicted molar refractivity (Wildman–Crippen MR) is 110 cm³/mol. The molecule has 6 nitrogen and oxygen atoms in total. The normalized spacial score (nSPS) is 18.5. The van der Waals surface area contributed by atoms with Crippen molar-refractivity contribution in [2.45, 2.75) is 76.8 Å². The molecule has 2 aliphatic carbocycles. The summed E-state index contributed by atoms with van der Waals surface area (Å²) in [6, 6.07) is 7.90. The van der Waals surface area contributed by atoms with Crippen molar-refractivity contribution >= 4 is 5.91 Å². The van der Waals surface area contributed by atoms with Crippen molar-refractivity contribution in [1.82, 2.24) is 15.0 Å². The van der Waals surface area contributed by atoms with E-state index >= 15 is 0 Å². The smallest absolute Gasteiger partial charge is 0.246 e. The second kappa shape index (κ2) is 9.42. The van der Waals surface area contributed by atoms with Gasteiger partial charge in [-0.3, -0.25) is 4.79 Å². The average molecular weight is 398 g/mol. The highest BCUT2D eigenvalue weighted by Crippen LogP contribution is 2.30. The SMILES string of the molecule is COc1ccc(-c2noc(CN(C(=O)C3CCCCC3)C3CCCCC3)n2)cc1. The number of rotatable bonds is 6. The Morgan fingerprint density at radius 2 is 1.69 bits per heavy atom. The van der Waals surface area contributed by atoms with Gasteiger partial charge in [-0.25, -0.2) is 0 Å². The zero-order valence-corrected chi connectivity index (χ0v) is 17.3. The number of carbonyl (C=O) groups is 1. The fourth-order valence-electron chi connectivity index (χ4n) is 4.69. The maximum absolute atomic E-state index is 13.4. The third kappa shape index (κ3) is 4.80. The summed E-state index contributed by atoms with van der Waals surface area (Å²) < 4.78 is 10.8. The standard InChI is InChI=1S/C23H31N3O3/c1-28-20-14-12-17(13-15-20)22-24-21(29-25-22)16-26(19-10-6-3-7-11-19)23(27)18-8-4-2-5-9-18/h12-15,18-19H,2-11,16H2,1H3. The van der Waals surface area contributed by atoms with Crippen LogP contribution in [0.5, 0.6) is 5.75 Å². The summed E-state index contributed by atoms with van der Waals surface area (Å²) in [4.78, 5) is 20.0. The Labute approximate surface area is 172 Å². The zero-order chi connectivity index (χ0) is 20.1. The first-order valence-electron chi connectivity index (χ1n) is 11.0. The molecule has 6 heteroatoms. The van der Waals surface area contributed by atoms with E-state index in [1.165, 1.54) is 25.7 Å². The molecule has 0 N–H and O–H groups in total. The lowest BCUT2D eigenvalue weighted by Crippen LogP contribution is -2.44. The lowest BCUT2D eigenvalue weighted by Gasteiger charge is -2.36. The summed E-state index contributed by atoms with van der Waals surface area (Å²) in [6.07, 6.45) is 11.4. The first-order chi connectivity index (χ1) is 14.2. The quantitative estimate of drug-likeness (QED) is 0.687. The molecular formula is C23H31N3O3. The van der Waals surface area contributed by atoms with Gasteiger partial charge in [0.25, 0.3) is 0 Å². The molecule has 2 aliphatic rings. The van der Waals surface area contributed by atoms with Gasteiger partial charge in [0, 0.05) is 17.5 Å². The van der Waals surface area contributed by atoms with Gasteiger partial charge in [0.1, 0.15) is 12.3 Å². The molecule has 0 bridgehead atoms. The number of carbonyl (C=O) groups excluding carboxylic acids is 1. The van der Waals surface area contributed by atoms with E-state index in [1.54, 1.807) is 7.11 Å². The number of hydrogen-bond acceptors (Lipinski definition) is 5. The second-order valence-electron chi connectivity index (χ2n) is 8.33. The average Bonchev–Trinajstić information content (AvgIpc) is 3.27. The molecule has 4 rings (SSSR count). The Hall–Kier alpha value is -2.37. The van der Waals surface area contributed by atoms with Crippen LogP contribution in [-0.4, -0.2) is 34.1 Å². The highest BCUT2D eigenvalue weighted by molar-refractivity contribution is 5.79. The van der Waals surface area contributed by atoms with Crippen LogP contribution < -0.4 is 4.74 Å². The molecule has 0 atom stereocenters. The fourth-order valence-corrected chi connectivity index (χ4v) is 4.69. The van der Waals surface area contributed by atoms with E-state index in [4.69, 9.17) is 9.26 Å². The van der Waals surface area contributed by atoms with Gasteiger partial charge in [0.15, 0.2) is 0 Å². The summed E-state index contributed by atoms with van der Waals surface area (Å²) in [5, 5.41) is 4.15. The summed E-state index contributed by atoms with van der Waals surface area (Å²) in [5.74, 6) is 2.32. The molecular weight excluding hydrogens is 366 g/mol. The second-order valence-corrected chi connectivity index (χ2v) is 8.33. The van der Waals surface area contributed by atoms with E-state index in [0.717, 1.165) is 49.8 Å². The monoisotopic (exact) mass is 397 g/mol. The maximum atomic E-state index is 13.4. The number of ether oxygens (including phenoxy) is 1. The van der Waals surface area contributed by atoms with E-state index in [-0.39, 0.29) is 5.92 Å². The van der Waals surface area contributed by atoms with Gasteiger partial charge in [-0.15, -0.1) is 0 Å². The number of aromatic nitrogens is 2. The van der Waals surface area contributed by atoms with Gasteiger partial charge in [-0.1, -0.05) is 43.7 Å². The van der Waals surface area contributed by atoms with E-state index in [1.807, 2.05) is 24.3 Å². The van der Waals surface area contributed by atoms with Crippen molar-refractivity contribution in [1.29, 1.82) is 0 Å². The van der Waals surface area contributed by atoms with E-state index in [2.05, 4.69) is 15.0 Å². The van der Waals surface area contributed by atoms with Crippen molar-refractivity contribution in [2.24, 2.45) is 5.92 Å². The fraction of sp³-hybridized carbons (Fsp3) is 0.609. The van der Waals surface area contributed by atoms with Crippen molar-refractivity contribution in [3.63, 3.8) is 0 Å². The maximum Gasteiger partial charge on any atom is 0.246 e. The molecule has 0 spiro atoms. The molecule has 2 saturated carbocycles. The number of methoxy groups -OCH3 is 1. The van der Waals surface area contributed by atoms with Crippen molar-refractivity contribution in [3.05, 3.63) is 30.2 Å². The molecule has 0 radical (unpaired) electrons. The van der Waals surface area contributed by atoms with Crippen molar-refractivity contribution in [2.75, 3.05) is 7.11 Å². The molecule has 1 aromatic heterocycles. The summed E-state index contributed by atoms with van der Waals surface area (Å²) in [7, 11) is 1.64. The van der Waals surface area contributed by atoms with Crippen molar-refractivity contribution < 1.29 is 14.1 Å². The first kappa shape index (κ1) is 19.9. The Bertz CT molecular complexity index is 790. The molecule has 156 valence electrons. The van der Waals surface area contributed by atoms with Gasteiger partial charge < -0.3 is 14.2 Å². The van der Waals surface area contributed by atoms with Crippen LogP contribution in [0.2, 0.25) is 0 Å². The first-order valence-corrected chi connectivity index (χ1v) is 11.0. The summed E-state index contributed by atoms with van der Waals surface area (Å²) in [5.41, 5.74) is 0.878. The molecule has 0 unspecified atom stereocenters. The van der Waals surface area contributed by atoms with Crippen LogP contribution >= 0.6 is 0 Å². The van der Waals surface area contributed by atoms with Crippen LogP contribution in [-0.2, 0) is 11.3 Å². The molecule has 0 aliphatic heterocycles. The van der Waals surface area contributed by atoms with Crippen LogP contribution in [0.4, 0.5) is 0 Å². The van der Waals surface area contributed by atoms with Crippen molar-refractivity contribution in [3.8, 4) is 17.1 Å². The molecule has 1 amide bonds. The molecule has 2 aromatic rings. The summed E-state index contributed by atoms with van der Waals surface area (Å²) >= 11 is 0. The third-order valence-corrected chi connectivity index (χ3v) is 6.37. The Kier molecular flexibility index (Phi) is 6.47. The van der Waals surface area contributed by atoms with E-state index in [9.17, 15) is 4.79 Å². The lowest BCUT2D eigenvalue weighted by atomic mass is 9.86. The molecule has 1 heterocycles. The Morgan fingerprint density at radius 1 is 1.03 bits per heavy atom. The molecule has 1 aromatic carbocycles. The predicted octanol–water partition coefficient (Wildman–Crippen LogP) is 4.99. The van der Waals surface area contributed by atoms with Gasteiger partial charge >= 0.3 is 0 Å². The van der Waals surface area contributed by atoms with Gasteiger partial charge in [-0.05, 0) is 49.9 Å². The topological polar surface area (TPSA) is 68.5 Å².